The predicted molar refractivity (Wildman–Crippen MR) is 49.0 cm³/mol. The van der Waals surface area contributed by atoms with Gasteiger partial charge in [0.2, 0.25) is 0 Å². The molecule has 0 saturated heterocycles. The van der Waals surface area contributed by atoms with Crippen molar-refractivity contribution in [3.05, 3.63) is 0 Å². The van der Waals surface area contributed by atoms with Gasteiger partial charge in [-0.3, -0.25) is 0 Å². The lowest BCUT2D eigenvalue weighted by atomic mass is 9.12. The normalized spacial score (nSPS) is 88.6. The van der Waals surface area contributed by atoms with Crippen molar-refractivity contribution < 1.29 is 0 Å². The molecule has 13 heavy (non-hydrogen) atoms. The number of rotatable bonds is 0. The van der Waals surface area contributed by atoms with Crippen molar-refractivity contribution in [3.63, 3.8) is 0 Å². The van der Waals surface area contributed by atoms with Gasteiger partial charge >= 0.3 is 0 Å². The minimum absolute atomic E-state index is 0.979. The Morgan fingerprint density at radius 1 is 0.923 bits per heavy atom. The van der Waals surface area contributed by atoms with Crippen molar-refractivity contribution in [1.29, 1.82) is 0 Å². The maximum atomic E-state index is 1.70. The Labute approximate surface area is 79.1 Å². The first-order valence-electron chi connectivity index (χ1n) is 6.31. The SMILES string of the molecule is C1C2CC34CC5CC6(CC5C1C263)C4. The number of hydrogen-bond acceptors (Lipinski definition) is 0. The molecule has 68 valence electrons. The second kappa shape index (κ2) is 1.12. The van der Waals surface area contributed by atoms with E-state index in [9.17, 15) is 0 Å². The van der Waals surface area contributed by atoms with E-state index < -0.39 is 0 Å². The standard InChI is InChI=1S/C13H16/c1-8-4-11-2-7-3-12(6-11)5-9(7)10(1)13(8,11)12/h7-10H,1-6H2. The van der Waals surface area contributed by atoms with E-state index in [1.165, 1.54) is 23.7 Å². The van der Waals surface area contributed by atoms with Gasteiger partial charge < -0.3 is 0 Å². The van der Waals surface area contributed by atoms with Crippen LogP contribution in [0, 0.1) is 39.9 Å². The molecular formula is C13H16. The van der Waals surface area contributed by atoms with Crippen molar-refractivity contribution in [2.45, 2.75) is 38.5 Å². The summed E-state index contributed by atoms with van der Waals surface area (Å²) in [5.41, 5.74) is 2.99. The summed E-state index contributed by atoms with van der Waals surface area (Å²) in [5, 5.41) is 0. The molecule has 0 aromatic carbocycles. The molecule has 0 aliphatic heterocycles. The molecule has 7 aliphatic carbocycles. The van der Waals surface area contributed by atoms with Gasteiger partial charge in [0.1, 0.15) is 0 Å². The monoisotopic (exact) mass is 172 g/mol. The molecule has 7 rings (SSSR count). The molecule has 0 N–H and O–H groups in total. The zero-order valence-electron chi connectivity index (χ0n) is 8.05. The van der Waals surface area contributed by atoms with Crippen LogP contribution in [0.2, 0.25) is 0 Å². The van der Waals surface area contributed by atoms with Gasteiger partial charge in [-0.2, -0.15) is 0 Å². The molecule has 0 aromatic heterocycles. The summed E-state index contributed by atoms with van der Waals surface area (Å²) in [4.78, 5) is 0. The first-order valence-corrected chi connectivity index (χ1v) is 6.31. The van der Waals surface area contributed by atoms with E-state index in [0.717, 1.165) is 16.2 Å². The van der Waals surface area contributed by atoms with Gasteiger partial charge in [-0.25, -0.2) is 0 Å². The van der Waals surface area contributed by atoms with Crippen molar-refractivity contribution in [2.24, 2.45) is 39.9 Å². The summed E-state index contributed by atoms with van der Waals surface area (Å²) in [6.07, 6.45) is 10.1. The van der Waals surface area contributed by atoms with E-state index in [1.54, 1.807) is 38.5 Å². The molecule has 0 heterocycles. The minimum Gasteiger partial charge on any atom is -0.0461 e. The molecule has 2 spiro atoms. The van der Waals surface area contributed by atoms with Gasteiger partial charge in [0, 0.05) is 0 Å². The summed E-state index contributed by atoms with van der Waals surface area (Å²) in [7, 11) is 0. The highest BCUT2D eigenvalue weighted by Gasteiger charge is 2.96. The van der Waals surface area contributed by atoms with Crippen LogP contribution in [0.25, 0.3) is 0 Å². The number of hydrogen-bond donors (Lipinski definition) is 0. The van der Waals surface area contributed by atoms with Crippen molar-refractivity contribution in [2.75, 3.05) is 0 Å². The molecule has 0 amide bonds. The highest BCUT2D eigenvalue weighted by molar-refractivity contribution is 5.44. The van der Waals surface area contributed by atoms with E-state index in [-0.39, 0.29) is 0 Å². The maximum absolute atomic E-state index is 1.70. The van der Waals surface area contributed by atoms with Crippen LogP contribution in [0.15, 0.2) is 0 Å². The summed E-state index contributed by atoms with van der Waals surface area (Å²) in [5.74, 6) is 4.99. The third kappa shape index (κ3) is 0.260. The van der Waals surface area contributed by atoms with Gasteiger partial charge in [0.15, 0.2) is 0 Å². The Hall–Kier alpha value is 0. The fraction of sp³-hybridized carbons (Fsp3) is 1.00. The highest BCUT2D eigenvalue weighted by atomic mass is 15.0. The van der Waals surface area contributed by atoms with E-state index in [0.29, 0.717) is 0 Å². The molecule has 0 radical (unpaired) electrons. The second-order valence-electron chi connectivity index (χ2n) is 7.39. The average molecular weight is 172 g/mol. The third-order valence-corrected chi connectivity index (χ3v) is 7.89. The molecule has 7 saturated carbocycles. The van der Waals surface area contributed by atoms with Crippen LogP contribution in [0.1, 0.15) is 38.5 Å². The van der Waals surface area contributed by atoms with Crippen LogP contribution in [0.4, 0.5) is 0 Å². The van der Waals surface area contributed by atoms with Gasteiger partial charge in [0.05, 0.1) is 0 Å². The lowest BCUT2D eigenvalue weighted by molar-refractivity contribution is -0.436. The Morgan fingerprint density at radius 2 is 1.77 bits per heavy atom. The average Bonchev–Trinajstić information content (AvgIpc) is 2.42. The lowest BCUT2D eigenvalue weighted by Crippen LogP contribution is -2.85. The highest BCUT2D eigenvalue weighted by Crippen LogP contribution is 3.03. The predicted octanol–water partition coefficient (Wildman–Crippen LogP) is 2.83. The summed E-state index contributed by atoms with van der Waals surface area (Å²) >= 11 is 0. The van der Waals surface area contributed by atoms with E-state index in [1.807, 2.05) is 0 Å². The van der Waals surface area contributed by atoms with Crippen LogP contribution in [-0.2, 0) is 0 Å². The lowest BCUT2D eigenvalue weighted by Gasteiger charge is -2.91. The van der Waals surface area contributed by atoms with Crippen LogP contribution in [0.5, 0.6) is 0 Å². The van der Waals surface area contributed by atoms with Gasteiger partial charge in [-0.15, -0.1) is 0 Å². The Morgan fingerprint density at radius 3 is 2.46 bits per heavy atom. The fourth-order valence-electron chi connectivity index (χ4n) is 8.56. The van der Waals surface area contributed by atoms with Crippen molar-refractivity contribution in [1.82, 2.24) is 0 Å². The molecule has 0 nitrogen and oxygen atoms in total. The quantitative estimate of drug-likeness (QED) is 0.527. The molecule has 0 aromatic rings. The van der Waals surface area contributed by atoms with Gasteiger partial charge in [-0.05, 0) is 78.4 Å². The molecule has 7 aliphatic rings. The molecule has 5 bridgehead atoms. The maximum Gasteiger partial charge on any atom is -0.0124 e. The zero-order valence-corrected chi connectivity index (χ0v) is 8.05. The van der Waals surface area contributed by atoms with Crippen LogP contribution in [0.3, 0.4) is 0 Å². The van der Waals surface area contributed by atoms with E-state index in [2.05, 4.69) is 0 Å². The van der Waals surface area contributed by atoms with E-state index in [4.69, 9.17) is 0 Å². The Bertz CT molecular complexity index is 364. The molecular weight excluding hydrogens is 156 g/mol. The van der Waals surface area contributed by atoms with Gasteiger partial charge in [-0.1, -0.05) is 0 Å². The van der Waals surface area contributed by atoms with Crippen LogP contribution < -0.4 is 0 Å². The topological polar surface area (TPSA) is 0 Å². The zero-order chi connectivity index (χ0) is 8.05. The summed E-state index contributed by atoms with van der Waals surface area (Å²) in [6, 6.07) is 0. The van der Waals surface area contributed by atoms with Crippen molar-refractivity contribution >= 4 is 0 Å². The largest absolute Gasteiger partial charge is 0.0461 e. The summed E-state index contributed by atoms with van der Waals surface area (Å²) in [6.45, 7) is 0. The van der Waals surface area contributed by atoms with Crippen LogP contribution >= 0.6 is 0 Å². The Balaban J connectivity index is 1.79. The second-order valence-corrected chi connectivity index (χ2v) is 7.39. The third-order valence-electron chi connectivity index (χ3n) is 7.89. The molecule has 7 fully saturated rings. The van der Waals surface area contributed by atoms with Crippen LogP contribution in [-0.4, -0.2) is 0 Å². The summed E-state index contributed by atoms with van der Waals surface area (Å²) < 4.78 is 0. The Kier molecular flexibility index (Phi) is 0.498. The molecule has 7 atom stereocenters. The first kappa shape index (κ1) is 5.78. The van der Waals surface area contributed by atoms with Gasteiger partial charge in [0.25, 0.3) is 0 Å². The molecule has 0 heteroatoms. The molecule has 7 unspecified atom stereocenters. The minimum atomic E-state index is 0.979. The van der Waals surface area contributed by atoms with Crippen molar-refractivity contribution in [3.8, 4) is 0 Å². The smallest absolute Gasteiger partial charge is 0.0124 e. The van der Waals surface area contributed by atoms with E-state index >= 15 is 0 Å². The fourth-order valence-corrected chi connectivity index (χ4v) is 8.56. The first-order chi connectivity index (χ1) is 6.31.